The van der Waals surface area contributed by atoms with Crippen molar-refractivity contribution in [2.45, 2.75) is 47.0 Å². The molecule has 146 valence electrons. The van der Waals surface area contributed by atoms with Crippen LogP contribution in [0.4, 0.5) is 5.69 Å². The number of benzene rings is 2. The summed E-state index contributed by atoms with van der Waals surface area (Å²) in [6.45, 7) is 8.08. The fourth-order valence-corrected chi connectivity index (χ4v) is 3.85. The minimum atomic E-state index is -0.0505. The summed E-state index contributed by atoms with van der Waals surface area (Å²) < 4.78 is 1.90. The molecule has 1 heterocycles. The number of para-hydroxylation sites is 1. The maximum absolute atomic E-state index is 12.9. The molecule has 3 aromatic rings. The molecule has 0 aliphatic carbocycles. The van der Waals surface area contributed by atoms with Gasteiger partial charge in [-0.05, 0) is 56.0 Å². The van der Waals surface area contributed by atoms with Gasteiger partial charge in [-0.3, -0.25) is 4.79 Å². The number of hydrogen-bond acceptors (Lipinski definition) is 2. The average Bonchev–Trinajstić information content (AvgIpc) is 2.97. The highest BCUT2D eigenvalue weighted by Crippen LogP contribution is 2.30. The van der Waals surface area contributed by atoms with Crippen LogP contribution in [0.1, 0.15) is 41.9 Å². The fourth-order valence-electron chi connectivity index (χ4n) is 3.56. The van der Waals surface area contributed by atoms with Crippen molar-refractivity contribution in [3.05, 3.63) is 75.6 Å². The topological polar surface area (TPSA) is 46.9 Å². The summed E-state index contributed by atoms with van der Waals surface area (Å²) in [5.41, 5.74) is 6.75. The Labute approximate surface area is 171 Å². The molecule has 0 spiro atoms. The van der Waals surface area contributed by atoms with Gasteiger partial charge in [0.25, 0.3) is 0 Å². The summed E-state index contributed by atoms with van der Waals surface area (Å²) in [4.78, 5) is 12.9. The lowest BCUT2D eigenvalue weighted by Crippen LogP contribution is -2.18. The zero-order chi connectivity index (χ0) is 20.3. The minimum absolute atomic E-state index is 0.0505. The van der Waals surface area contributed by atoms with Gasteiger partial charge in [0.15, 0.2) is 0 Å². The van der Waals surface area contributed by atoms with Crippen molar-refractivity contribution in [2.24, 2.45) is 0 Å². The minimum Gasteiger partial charge on any atom is -0.325 e. The Bertz CT molecular complexity index is 993. The first kappa shape index (κ1) is 20.2. The maximum Gasteiger partial charge on any atom is 0.228 e. The molecule has 0 radical (unpaired) electrons. The highest BCUT2D eigenvalue weighted by molar-refractivity contribution is 6.32. The summed E-state index contributed by atoms with van der Waals surface area (Å²) in [5, 5.41) is 8.44. The van der Waals surface area contributed by atoms with Crippen LogP contribution < -0.4 is 5.32 Å². The number of nitrogens with zero attached hydrogens (tertiary/aromatic N) is 2. The van der Waals surface area contributed by atoms with Crippen molar-refractivity contribution < 1.29 is 4.79 Å². The second-order valence-electron chi connectivity index (χ2n) is 6.89. The van der Waals surface area contributed by atoms with E-state index in [0.29, 0.717) is 5.02 Å². The van der Waals surface area contributed by atoms with E-state index in [4.69, 9.17) is 11.6 Å². The zero-order valence-corrected chi connectivity index (χ0v) is 17.6. The van der Waals surface area contributed by atoms with E-state index in [1.54, 1.807) is 0 Å². The van der Waals surface area contributed by atoms with Gasteiger partial charge in [-0.15, -0.1) is 0 Å². The number of carbonyl (C=O) groups excluding carboxylic acids is 1. The molecule has 0 saturated carbocycles. The largest absolute Gasteiger partial charge is 0.325 e. The number of hydrogen-bond donors (Lipinski definition) is 1. The second-order valence-corrected chi connectivity index (χ2v) is 7.30. The molecule has 0 aliphatic heterocycles. The molecule has 5 heteroatoms. The van der Waals surface area contributed by atoms with Gasteiger partial charge in [-0.1, -0.05) is 49.7 Å². The lowest BCUT2D eigenvalue weighted by atomic mass is 10.0. The Kier molecular flexibility index (Phi) is 6.20. The van der Waals surface area contributed by atoms with Crippen molar-refractivity contribution >= 4 is 23.2 Å². The summed E-state index contributed by atoms with van der Waals surface area (Å²) in [5.74, 6) is -0.0505. The number of amides is 1. The van der Waals surface area contributed by atoms with Gasteiger partial charge in [-0.25, -0.2) is 4.68 Å². The molecule has 0 fully saturated rings. The van der Waals surface area contributed by atoms with Gasteiger partial charge in [0.2, 0.25) is 5.91 Å². The van der Waals surface area contributed by atoms with E-state index >= 15 is 0 Å². The van der Waals surface area contributed by atoms with Crippen LogP contribution in [0.15, 0.2) is 42.5 Å². The average molecular weight is 396 g/mol. The van der Waals surface area contributed by atoms with E-state index in [0.717, 1.165) is 52.3 Å². The predicted octanol–water partition coefficient (Wildman–Crippen LogP) is 5.45. The van der Waals surface area contributed by atoms with Crippen LogP contribution in [-0.4, -0.2) is 15.7 Å². The molecule has 0 unspecified atom stereocenters. The molecular weight excluding hydrogens is 370 g/mol. The lowest BCUT2D eigenvalue weighted by molar-refractivity contribution is -0.115. The molecule has 28 heavy (non-hydrogen) atoms. The van der Waals surface area contributed by atoms with Crippen LogP contribution in [-0.2, 0) is 24.1 Å². The fraction of sp³-hybridized carbons (Fsp3) is 0.304. The van der Waals surface area contributed by atoms with Crippen LogP contribution in [0, 0.1) is 13.8 Å². The van der Waals surface area contributed by atoms with Crippen LogP contribution in [0.25, 0.3) is 5.69 Å². The maximum atomic E-state index is 12.9. The van der Waals surface area contributed by atoms with Crippen LogP contribution >= 0.6 is 11.6 Å². The Balaban J connectivity index is 1.88. The molecule has 2 aromatic carbocycles. The van der Waals surface area contributed by atoms with Gasteiger partial charge >= 0.3 is 0 Å². The van der Waals surface area contributed by atoms with E-state index in [1.165, 1.54) is 0 Å². The third-order valence-corrected chi connectivity index (χ3v) is 5.47. The van der Waals surface area contributed by atoms with Crippen molar-refractivity contribution in [2.75, 3.05) is 5.32 Å². The molecule has 1 amide bonds. The van der Waals surface area contributed by atoms with Crippen LogP contribution in [0.2, 0.25) is 5.02 Å². The van der Waals surface area contributed by atoms with Gasteiger partial charge in [-0.2, -0.15) is 5.10 Å². The number of aromatic nitrogens is 2. The lowest BCUT2D eigenvalue weighted by Gasteiger charge is -2.16. The SMILES string of the molecule is CCc1ccc(Cl)c(CC)c1NC(=O)Cc1c(C)nn(-c2ccccc2)c1C. The normalized spacial score (nSPS) is 10.9. The quantitative estimate of drug-likeness (QED) is 0.603. The Morgan fingerprint density at radius 2 is 1.75 bits per heavy atom. The number of nitrogens with one attached hydrogen (secondary N) is 1. The number of rotatable bonds is 6. The molecule has 1 aromatic heterocycles. The molecular formula is C23H26ClN3O. The van der Waals surface area contributed by atoms with Crippen molar-refractivity contribution in [1.82, 2.24) is 9.78 Å². The van der Waals surface area contributed by atoms with Crippen molar-refractivity contribution in [3.8, 4) is 5.69 Å². The predicted molar refractivity (Wildman–Crippen MR) is 116 cm³/mol. The smallest absolute Gasteiger partial charge is 0.228 e. The first-order valence-electron chi connectivity index (χ1n) is 9.66. The highest BCUT2D eigenvalue weighted by atomic mass is 35.5. The van der Waals surface area contributed by atoms with Gasteiger partial charge in [0.1, 0.15) is 0 Å². The Morgan fingerprint density at radius 3 is 2.39 bits per heavy atom. The van der Waals surface area contributed by atoms with Gasteiger partial charge < -0.3 is 5.32 Å². The molecule has 0 bridgehead atoms. The molecule has 3 rings (SSSR count). The zero-order valence-electron chi connectivity index (χ0n) is 16.8. The first-order chi connectivity index (χ1) is 13.5. The molecule has 0 atom stereocenters. The summed E-state index contributed by atoms with van der Waals surface area (Å²) in [6, 6.07) is 13.9. The summed E-state index contributed by atoms with van der Waals surface area (Å²) in [6.07, 6.45) is 1.89. The van der Waals surface area contributed by atoms with E-state index in [-0.39, 0.29) is 12.3 Å². The number of carbonyl (C=O) groups is 1. The molecule has 4 nitrogen and oxygen atoms in total. The molecule has 0 aliphatic rings. The van der Waals surface area contributed by atoms with E-state index < -0.39 is 0 Å². The van der Waals surface area contributed by atoms with E-state index in [9.17, 15) is 4.79 Å². The Hall–Kier alpha value is -2.59. The second kappa shape index (κ2) is 8.61. The van der Waals surface area contributed by atoms with Crippen LogP contribution in [0.5, 0.6) is 0 Å². The first-order valence-corrected chi connectivity index (χ1v) is 10.0. The monoisotopic (exact) mass is 395 g/mol. The number of anilines is 1. The number of halogens is 1. The number of aryl methyl sites for hydroxylation is 2. The van der Waals surface area contributed by atoms with E-state index in [1.807, 2.05) is 61.0 Å². The third-order valence-electron chi connectivity index (χ3n) is 5.12. The third kappa shape index (κ3) is 3.97. The van der Waals surface area contributed by atoms with Crippen molar-refractivity contribution in [1.29, 1.82) is 0 Å². The highest BCUT2D eigenvalue weighted by Gasteiger charge is 2.18. The molecule has 0 saturated heterocycles. The summed E-state index contributed by atoms with van der Waals surface area (Å²) >= 11 is 6.36. The van der Waals surface area contributed by atoms with Crippen molar-refractivity contribution in [3.63, 3.8) is 0 Å². The Morgan fingerprint density at radius 1 is 1.04 bits per heavy atom. The van der Waals surface area contributed by atoms with Gasteiger partial charge in [0.05, 0.1) is 17.8 Å². The standard InChI is InChI=1S/C23H26ClN3O/c1-5-17-12-13-21(24)19(6-2)23(17)25-22(28)14-20-15(3)26-27(16(20)4)18-10-8-7-9-11-18/h7-13H,5-6,14H2,1-4H3,(H,25,28). The van der Waals surface area contributed by atoms with E-state index in [2.05, 4.69) is 24.3 Å². The summed E-state index contributed by atoms with van der Waals surface area (Å²) in [7, 11) is 0. The van der Waals surface area contributed by atoms with Gasteiger partial charge in [0, 0.05) is 22.0 Å². The molecule has 1 N–H and O–H groups in total. The van der Waals surface area contributed by atoms with Crippen LogP contribution in [0.3, 0.4) is 0 Å².